The van der Waals surface area contributed by atoms with Crippen LogP contribution in [0.4, 0.5) is 17.2 Å². The third kappa shape index (κ3) is 2.33. The van der Waals surface area contributed by atoms with Gasteiger partial charge >= 0.3 is 0 Å². The third-order valence-corrected chi connectivity index (χ3v) is 2.79. The van der Waals surface area contributed by atoms with E-state index in [1.165, 1.54) is 0 Å². The Labute approximate surface area is 103 Å². The number of pyridine rings is 1. The third-order valence-electron chi connectivity index (χ3n) is 2.30. The molecule has 0 aliphatic rings. The summed E-state index contributed by atoms with van der Waals surface area (Å²) in [6.45, 7) is 2.04. The number of nitrogen functional groups attached to an aromatic ring is 1. The first-order chi connectivity index (χ1) is 7.66. The Hall–Kier alpha value is -1.55. The van der Waals surface area contributed by atoms with E-state index in [2.05, 4.69) is 32.3 Å². The molecule has 2 aromatic rings. The molecule has 0 aliphatic carbocycles. The van der Waals surface area contributed by atoms with Crippen LogP contribution in [0, 0.1) is 6.92 Å². The van der Waals surface area contributed by atoms with Crippen molar-refractivity contribution in [3.63, 3.8) is 0 Å². The highest BCUT2D eigenvalue weighted by Crippen LogP contribution is 2.25. The molecule has 0 fully saturated rings. The van der Waals surface area contributed by atoms with Crippen LogP contribution in [0.3, 0.4) is 0 Å². The zero-order chi connectivity index (χ0) is 11.5. The van der Waals surface area contributed by atoms with Gasteiger partial charge < -0.3 is 11.1 Å². The molecule has 1 aromatic heterocycles. The Morgan fingerprint density at radius 3 is 2.75 bits per heavy atom. The summed E-state index contributed by atoms with van der Waals surface area (Å²) in [5.41, 5.74) is 8.77. The summed E-state index contributed by atoms with van der Waals surface area (Å²) in [4.78, 5) is 4.03. The number of nitrogens with zero attached hydrogens (tertiary/aromatic N) is 1. The van der Waals surface area contributed by atoms with Crippen LogP contribution >= 0.6 is 15.9 Å². The lowest BCUT2D eigenvalue weighted by atomic mass is 10.2. The molecule has 0 aliphatic heterocycles. The van der Waals surface area contributed by atoms with Crippen LogP contribution in [-0.4, -0.2) is 4.98 Å². The van der Waals surface area contributed by atoms with E-state index in [1.807, 2.05) is 31.2 Å². The van der Waals surface area contributed by atoms with Gasteiger partial charge in [0.2, 0.25) is 0 Å². The number of halogens is 1. The highest BCUT2D eigenvalue weighted by atomic mass is 79.9. The predicted octanol–water partition coefficient (Wildman–Crippen LogP) is 3.48. The van der Waals surface area contributed by atoms with Crippen LogP contribution in [0.5, 0.6) is 0 Å². The van der Waals surface area contributed by atoms with Gasteiger partial charge in [0.1, 0.15) is 5.82 Å². The fourth-order valence-electron chi connectivity index (χ4n) is 1.44. The summed E-state index contributed by atoms with van der Waals surface area (Å²) in [5.74, 6) is 0.504. The number of nitrogens with two attached hydrogens (primary N) is 1. The summed E-state index contributed by atoms with van der Waals surface area (Å²) in [7, 11) is 0. The van der Waals surface area contributed by atoms with E-state index in [-0.39, 0.29) is 0 Å². The van der Waals surface area contributed by atoms with Crippen LogP contribution < -0.4 is 11.1 Å². The summed E-state index contributed by atoms with van der Waals surface area (Å²) >= 11 is 3.43. The van der Waals surface area contributed by atoms with Gasteiger partial charge in [0.15, 0.2) is 0 Å². The fraction of sp³-hybridized carbons (Fsp3) is 0.0833. The molecular formula is C12H12BrN3. The standard InChI is InChI=1S/C12H12BrN3/c1-8-7-9(13)4-5-10(8)16-11-3-2-6-15-12(11)14/h2-7,16H,1H3,(H2,14,15). The Morgan fingerprint density at radius 2 is 2.06 bits per heavy atom. The van der Waals surface area contributed by atoms with Crippen molar-refractivity contribution in [1.29, 1.82) is 0 Å². The Morgan fingerprint density at radius 1 is 1.25 bits per heavy atom. The van der Waals surface area contributed by atoms with Gasteiger partial charge in [-0.2, -0.15) is 0 Å². The summed E-state index contributed by atoms with van der Waals surface area (Å²) in [5, 5.41) is 3.26. The van der Waals surface area contributed by atoms with Crippen molar-refractivity contribution < 1.29 is 0 Å². The second kappa shape index (κ2) is 4.53. The molecule has 0 radical (unpaired) electrons. The molecule has 0 spiro atoms. The molecule has 2 rings (SSSR count). The molecule has 0 saturated carbocycles. The first-order valence-electron chi connectivity index (χ1n) is 4.90. The van der Waals surface area contributed by atoms with Crippen molar-refractivity contribution >= 4 is 33.1 Å². The summed E-state index contributed by atoms with van der Waals surface area (Å²) in [6.07, 6.45) is 1.68. The molecule has 4 heteroatoms. The van der Waals surface area contributed by atoms with Crippen molar-refractivity contribution in [2.75, 3.05) is 11.1 Å². The van der Waals surface area contributed by atoms with Gasteiger partial charge in [0.25, 0.3) is 0 Å². The number of aryl methyl sites for hydroxylation is 1. The molecule has 0 atom stereocenters. The van der Waals surface area contributed by atoms with Crippen LogP contribution in [0.25, 0.3) is 0 Å². The second-order valence-electron chi connectivity index (χ2n) is 3.52. The maximum absolute atomic E-state index is 5.77. The molecule has 0 amide bonds. The molecule has 1 aromatic carbocycles. The molecule has 0 saturated heterocycles. The number of rotatable bonds is 2. The van der Waals surface area contributed by atoms with E-state index in [4.69, 9.17) is 5.73 Å². The van der Waals surface area contributed by atoms with E-state index in [0.717, 1.165) is 21.4 Å². The number of anilines is 3. The average molecular weight is 278 g/mol. The van der Waals surface area contributed by atoms with Gasteiger partial charge in [-0.1, -0.05) is 15.9 Å². The fourth-order valence-corrected chi connectivity index (χ4v) is 1.91. The first kappa shape index (κ1) is 11.0. The number of aromatic nitrogens is 1. The maximum atomic E-state index is 5.77. The normalized spacial score (nSPS) is 10.1. The molecular weight excluding hydrogens is 266 g/mol. The first-order valence-corrected chi connectivity index (χ1v) is 5.70. The minimum absolute atomic E-state index is 0.504. The van der Waals surface area contributed by atoms with Crippen molar-refractivity contribution in [2.24, 2.45) is 0 Å². The molecule has 3 N–H and O–H groups in total. The molecule has 0 unspecified atom stereocenters. The predicted molar refractivity (Wildman–Crippen MR) is 70.8 cm³/mol. The van der Waals surface area contributed by atoms with E-state index in [1.54, 1.807) is 6.20 Å². The number of benzene rings is 1. The van der Waals surface area contributed by atoms with E-state index >= 15 is 0 Å². The van der Waals surface area contributed by atoms with Gasteiger partial charge in [-0.05, 0) is 42.8 Å². The van der Waals surface area contributed by atoms with Gasteiger partial charge in [0.05, 0.1) is 5.69 Å². The minimum atomic E-state index is 0.504. The van der Waals surface area contributed by atoms with Gasteiger partial charge in [-0.3, -0.25) is 0 Å². The monoisotopic (exact) mass is 277 g/mol. The number of hydrogen-bond donors (Lipinski definition) is 2. The molecule has 0 bridgehead atoms. The second-order valence-corrected chi connectivity index (χ2v) is 4.44. The van der Waals surface area contributed by atoms with E-state index in [0.29, 0.717) is 5.82 Å². The zero-order valence-electron chi connectivity index (χ0n) is 8.87. The Kier molecular flexibility index (Phi) is 3.10. The van der Waals surface area contributed by atoms with Crippen LogP contribution in [0.15, 0.2) is 41.0 Å². The van der Waals surface area contributed by atoms with E-state index < -0.39 is 0 Å². The SMILES string of the molecule is Cc1cc(Br)ccc1Nc1cccnc1N. The topological polar surface area (TPSA) is 50.9 Å². The largest absolute Gasteiger partial charge is 0.382 e. The van der Waals surface area contributed by atoms with Gasteiger partial charge in [-0.25, -0.2) is 4.98 Å². The summed E-state index contributed by atoms with van der Waals surface area (Å²) < 4.78 is 1.06. The number of nitrogens with one attached hydrogen (secondary N) is 1. The minimum Gasteiger partial charge on any atom is -0.382 e. The van der Waals surface area contributed by atoms with Gasteiger partial charge in [-0.15, -0.1) is 0 Å². The highest BCUT2D eigenvalue weighted by Gasteiger charge is 2.02. The zero-order valence-corrected chi connectivity index (χ0v) is 10.5. The lowest BCUT2D eigenvalue weighted by Crippen LogP contribution is -1.99. The average Bonchev–Trinajstić information content (AvgIpc) is 2.25. The van der Waals surface area contributed by atoms with Crippen molar-refractivity contribution in [2.45, 2.75) is 6.92 Å². The highest BCUT2D eigenvalue weighted by molar-refractivity contribution is 9.10. The van der Waals surface area contributed by atoms with Crippen LogP contribution in [-0.2, 0) is 0 Å². The quantitative estimate of drug-likeness (QED) is 0.884. The van der Waals surface area contributed by atoms with Crippen molar-refractivity contribution in [1.82, 2.24) is 4.98 Å². The van der Waals surface area contributed by atoms with Gasteiger partial charge in [0, 0.05) is 16.4 Å². The Balaban J connectivity index is 2.31. The Bertz CT molecular complexity index is 511. The van der Waals surface area contributed by atoms with Crippen molar-refractivity contribution in [3.05, 3.63) is 46.6 Å². The van der Waals surface area contributed by atoms with E-state index in [9.17, 15) is 0 Å². The lowest BCUT2D eigenvalue weighted by Gasteiger charge is -2.11. The van der Waals surface area contributed by atoms with Crippen LogP contribution in [0.2, 0.25) is 0 Å². The molecule has 16 heavy (non-hydrogen) atoms. The molecule has 82 valence electrons. The lowest BCUT2D eigenvalue weighted by molar-refractivity contribution is 1.32. The smallest absolute Gasteiger partial charge is 0.147 e. The van der Waals surface area contributed by atoms with Crippen LogP contribution in [0.1, 0.15) is 5.56 Å². The maximum Gasteiger partial charge on any atom is 0.147 e. The van der Waals surface area contributed by atoms with Crippen molar-refractivity contribution in [3.8, 4) is 0 Å². The summed E-state index contributed by atoms with van der Waals surface area (Å²) in [6, 6.07) is 9.80. The molecule has 3 nitrogen and oxygen atoms in total. The number of hydrogen-bond acceptors (Lipinski definition) is 3. The molecule has 1 heterocycles.